The Morgan fingerprint density at radius 1 is 1.18 bits per heavy atom. The van der Waals surface area contributed by atoms with E-state index < -0.39 is 0 Å². The molecule has 1 aromatic heterocycles. The lowest BCUT2D eigenvalue weighted by molar-refractivity contribution is 0.0642. The Balaban J connectivity index is 1.49. The number of nitrogens with one attached hydrogen (secondary N) is 2. The van der Waals surface area contributed by atoms with Crippen molar-refractivity contribution < 1.29 is 9.53 Å². The van der Waals surface area contributed by atoms with E-state index in [1.165, 1.54) is 0 Å². The molecule has 1 aliphatic heterocycles. The van der Waals surface area contributed by atoms with E-state index in [1.54, 1.807) is 12.3 Å². The van der Waals surface area contributed by atoms with Crippen LogP contribution in [0.4, 0.5) is 11.5 Å². The van der Waals surface area contributed by atoms with E-state index in [2.05, 4.69) is 15.6 Å². The Labute approximate surface area is 174 Å². The number of hydrogen-bond acceptors (Lipinski definition) is 4. The van der Waals surface area contributed by atoms with E-state index >= 15 is 0 Å². The molecule has 2 fully saturated rings. The normalized spacial score (nSPS) is 17.4. The zero-order chi connectivity index (χ0) is 19.5. The van der Waals surface area contributed by atoms with Crippen LogP contribution in [0.25, 0.3) is 0 Å². The molecule has 1 aliphatic carbocycles. The molecule has 4 rings (SSSR count). The number of hydrogen-bond donors (Lipinski definition) is 2. The summed E-state index contributed by atoms with van der Waals surface area (Å²) in [7, 11) is 0. The molecule has 2 N–H and O–H groups in total. The van der Waals surface area contributed by atoms with Gasteiger partial charge in [0.05, 0.1) is 21.3 Å². The van der Waals surface area contributed by atoms with Gasteiger partial charge in [0.2, 0.25) is 0 Å². The fourth-order valence-electron chi connectivity index (χ4n) is 3.48. The number of pyridine rings is 1. The largest absolute Gasteiger partial charge is 0.381 e. The molecule has 2 aromatic rings. The number of aromatic nitrogens is 1. The van der Waals surface area contributed by atoms with Gasteiger partial charge in [-0.1, -0.05) is 29.3 Å². The Morgan fingerprint density at radius 2 is 1.96 bits per heavy atom. The van der Waals surface area contributed by atoms with Gasteiger partial charge in [-0.25, -0.2) is 4.98 Å². The van der Waals surface area contributed by atoms with Crippen molar-refractivity contribution in [2.45, 2.75) is 31.6 Å². The predicted octanol–water partition coefficient (Wildman–Crippen LogP) is 5.17. The Kier molecular flexibility index (Phi) is 6.04. The first-order valence-corrected chi connectivity index (χ1v) is 10.4. The van der Waals surface area contributed by atoms with Crippen LogP contribution in [0, 0.1) is 5.92 Å². The first kappa shape index (κ1) is 19.5. The zero-order valence-corrected chi connectivity index (χ0v) is 17.0. The number of anilines is 2. The van der Waals surface area contributed by atoms with E-state index in [4.69, 9.17) is 27.9 Å². The van der Waals surface area contributed by atoms with Crippen molar-refractivity contribution in [1.29, 1.82) is 0 Å². The number of carbonyl (C=O) groups is 1. The highest BCUT2D eigenvalue weighted by molar-refractivity contribution is 6.43. The summed E-state index contributed by atoms with van der Waals surface area (Å²) in [5.41, 5.74) is 2.40. The number of carbonyl (C=O) groups excluding carboxylic acids is 1. The lowest BCUT2D eigenvalue weighted by Gasteiger charge is -2.22. The third kappa shape index (κ3) is 4.59. The van der Waals surface area contributed by atoms with Gasteiger partial charge in [0.15, 0.2) is 0 Å². The maximum Gasteiger partial charge on any atom is 0.253 e. The monoisotopic (exact) mass is 419 g/mol. The van der Waals surface area contributed by atoms with Gasteiger partial charge >= 0.3 is 0 Å². The van der Waals surface area contributed by atoms with Crippen molar-refractivity contribution in [1.82, 2.24) is 10.3 Å². The number of ether oxygens (including phenoxy) is 1. The van der Waals surface area contributed by atoms with Gasteiger partial charge in [-0.2, -0.15) is 0 Å². The number of benzene rings is 1. The molecule has 0 radical (unpaired) electrons. The smallest absolute Gasteiger partial charge is 0.253 e. The average molecular weight is 420 g/mol. The number of nitrogens with zero attached hydrogens (tertiary/aromatic N) is 1. The van der Waals surface area contributed by atoms with E-state index in [0.717, 1.165) is 44.5 Å². The molecule has 2 heterocycles. The van der Waals surface area contributed by atoms with Crippen molar-refractivity contribution in [2.75, 3.05) is 25.1 Å². The Hall–Kier alpha value is -1.82. The minimum atomic E-state index is -0.0479. The lowest BCUT2D eigenvalue weighted by Crippen LogP contribution is -2.32. The molecular formula is C21H23Cl2N3O2. The molecule has 1 saturated heterocycles. The summed E-state index contributed by atoms with van der Waals surface area (Å²) in [5.74, 6) is 1.52. The van der Waals surface area contributed by atoms with E-state index in [9.17, 15) is 4.79 Å². The van der Waals surface area contributed by atoms with Gasteiger partial charge in [-0.15, -0.1) is 0 Å². The second-order valence-electron chi connectivity index (χ2n) is 7.42. The van der Waals surface area contributed by atoms with Gasteiger partial charge in [-0.05, 0) is 61.3 Å². The summed E-state index contributed by atoms with van der Waals surface area (Å²) in [6.45, 7) is 2.24. The average Bonchev–Trinajstić information content (AvgIpc) is 3.56. The SMILES string of the molecule is O=C(NCC1CCOCC1)c1cnc(Nc2cccc(Cl)c2Cl)cc1C1CC1. The fraction of sp³-hybridized carbons (Fsp3) is 0.429. The van der Waals surface area contributed by atoms with Crippen molar-refractivity contribution in [3.05, 3.63) is 51.6 Å². The summed E-state index contributed by atoms with van der Waals surface area (Å²) in [4.78, 5) is 17.2. The van der Waals surface area contributed by atoms with Crippen LogP contribution in [0.3, 0.4) is 0 Å². The first-order valence-electron chi connectivity index (χ1n) is 9.68. The lowest BCUT2D eigenvalue weighted by atomic mass is 10.00. The minimum absolute atomic E-state index is 0.0479. The molecule has 1 aromatic carbocycles. The van der Waals surface area contributed by atoms with Crippen molar-refractivity contribution >= 4 is 40.6 Å². The molecule has 0 spiro atoms. The first-order chi connectivity index (χ1) is 13.6. The fourth-order valence-corrected chi connectivity index (χ4v) is 3.83. The number of halogens is 2. The maximum absolute atomic E-state index is 12.8. The predicted molar refractivity (Wildman–Crippen MR) is 112 cm³/mol. The van der Waals surface area contributed by atoms with Crippen molar-refractivity contribution in [2.24, 2.45) is 5.92 Å². The molecular weight excluding hydrogens is 397 g/mol. The molecule has 0 bridgehead atoms. The van der Waals surface area contributed by atoms with E-state index in [0.29, 0.717) is 45.5 Å². The zero-order valence-electron chi connectivity index (χ0n) is 15.5. The molecule has 0 unspecified atom stereocenters. The minimum Gasteiger partial charge on any atom is -0.381 e. The summed E-state index contributed by atoms with van der Waals surface area (Å²) >= 11 is 12.3. The third-order valence-corrected chi connectivity index (χ3v) is 6.12. The Bertz CT molecular complexity index is 865. The highest BCUT2D eigenvalue weighted by Crippen LogP contribution is 2.42. The van der Waals surface area contributed by atoms with Crippen LogP contribution in [0.15, 0.2) is 30.5 Å². The number of rotatable bonds is 6. The van der Waals surface area contributed by atoms with Crippen LogP contribution in [0.5, 0.6) is 0 Å². The summed E-state index contributed by atoms with van der Waals surface area (Å²) in [6.07, 6.45) is 5.85. The third-order valence-electron chi connectivity index (χ3n) is 5.30. The van der Waals surface area contributed by atoms with Gasteiger partial charge in [0.1, 0.15) is 5.82 Å². The summed E-state index contributed by atoms with van der Waals surface area (Å²) in [5, 5.41) is 7.24. The molecule has 28 heavy (non-hydrogen) atoms. The second-order valence-corrected chi connectivity index (χ2v) is 8.21. The van der Waals surface area contributed by atoms with Gasteiger partial charge in [-0.3, -0.25) is 4.79 Å². The van der Waals surface area contributed by atoms with Gasteiger partial charge in [0.25, 0.3) is 5.91 Å². The van der Waals surface area contributed by atoms with Crippen LogP contribution in [0.1, 0.15) is 47.5 Å². The van der Waals surface area contributed by atoms with Crippen LogP contribution in [-0.4, -0.2) is 30.6 Å². The summed E-state index contributed by atoms with van der Waals surface area (Å²) in [6, 6.07) is 7.37. The summed E-state index contributed by atoms with van der Waals surface area (Å²) < 4.78 is 5.38. The van der Waals surface area contributed by atoms with Gasteiger partial charge < -0.3 is 15.4 Å². The molecule has 7 heteroatoms. The van der Waals surface area contributed by atoms with Crippen LogP contribution in [-0.2, 0) is 4.74 Å². The van der Waals surface area contributed by atoms with Crippen LogP contribution < -0.4 is 10.6 Å². The highest BCUT2D eigenvalue weighted by atomic mass is 35.5. The van der Waals surface area contributed by atoms with Gasteiger partial charge in [0, 0.05) is 26.0 Å². The molecule has 1 amide bonds. The molecule has 2 aliphatic rings. The Morgan fingerprint density at radius 3 is 2.71 bits per heavy atom. The topological polar surface area (TPSA) is 63.2 Å². The van der Waals surface area contributed by atoms with E-state index in [1.807, 2.05) is 18.2 Å². The molecule has 0 atom stereocenters. The molecule has 148 valence electrons. The van der Waals surface area contributed by atoms with Crippen LogP contribution >= 0.6 is 23.2 Å². The highest BCUT2D eigenvalue weighted by Gasteiger charge is 2.29. The van der Waals surface area contributed by atoms with Crippen molar-refractivity contribution in [3.63, 3.8) is 0 Å². The van der Waals surface area contributed by atoms with Crippen molar-refractivity contribution in [3.8, 4) is 0 Å². The molecule has 1 saturated carbocycles. The standard InChI is InChI=1S/C21H23Cl2N3O2/c22-17-2-1-3-18(20(17)23)26-19-10-15(14-4-5-14)16(12-24-19)21(27)25-11-13-6-8-28-9-7-13/h1-3,10,12-14H,4-9,11H2,(H,24,26)(H,25,27). The quantitative estimate of drug-likeness (QED) is 0.677. The maximum atomic E-state index is 12.8. The number of amides is 1. The second kappa shape index (κ2) is 8.68. The van der Waals surface area contributed by atoms with Crippen LogP contribution in [0.2, 0.25) is 10.0 Å². The molecule has 5 nitrogen and oxygen atoms in total. The van der Waals surface area contributed by atoms with E-state index in [-0.39, 0.29) is 5.91 Å².